The summed E-state index contributed by atoms with van der Waals surface area (Å²) in [6.07, 6.45) is -3.70. The number of hydrogen-bond acceptors (Lipinski definition) is 6. The number of alkyl halides is 3. The molecule has 0 aliphatic carbocycles. The lowest BCUT2D eigenvalue weighted by molar-refractivity contribution is -0.387. The number of halogens is 3. The quantitative estimate of drug-likeness (QED) is 0.431. The molecule has 0 aliphatic heterocycles. The molecule has 0 amide bonds. The van der Waals surface area contributed by atoms with Crippen molar-refractivity contribution in [3.8, 4) is 0 Å². The Morgan fingerprint density at radius 1 is 1.15 bits per heavy atom. The summed E-state index contributed by atoms with van der Waals surface area (Å²) >= 11 is 0. The second kappa shape index (κ2) is 7.35. The number of hydrogen-bond donors (Lipinski definition) is 0. The molecule has 144 valence electrons. The van der Waals surface area contributed by atoms with Gasteiger partial charge in [0, 0.05) is 12.3 Å². The molecule has 2 aromatic carbocycles. The minimum absolute atomic E-state index is 0.263. The van der Waals surface area contributed by atoms with Gasteiger partial charge in [0.25, 0.3) is 5.69 Å². The smallest absolute Gasteiger partial charge is 0.416 e. The molecule has 0 aliphatic rings. The summed E-state index contributed by atoms with van der Waals surface area (Å²) in [5, 5.41) is 11.0. The lowest BCUT2D eigenvalue weighted by Crippen LogP contribution is -2.09. The number of carbonyl (C=O) groups is 1. The number of carbonyl (C=O) groups excluding carboxylic acids is 1. The van der Waals surface area contributed by atoms with Gasteiger partial charge in [-0.2, -0.15) is 13.2 Å². The molecule has 0 spiro atoms. The molecule has 11 heteroatoms. The number of ether oxygens (including phenoxy) is 1. The summed E-state index contributed by atoms with van der Waals surface area (Å²) < 4.78 is 65.5. The van der Waals surface area contributed by atoms with E-state index in [1.807, 2.05) is 0 Å². The third-order valence-corrected chi connectivity index (χ3v) is 4.59. The number of esters is 1. The molecule has 2 aromatic rings. The van der Waals surface area contributed by atoms with E-state index < -0.39 is 43.1 Å². The molecule has 0 atom stereocenters. The maximum Gasteiger partial charge on any atom is 0.416 e. The Bertz CT molecular complexity index is 984. The highest BCUT2D eigenvalue weighted by atomic mass is 32.2. The number of nitro groups is 1. The lowest BCUT2D eigenvalue weighted by atomic mass is 10.1. The fourth-order valence-electron chi connectivity index (χ4n) is 2.12. The zero-order valence-corrected chi connectivity index (χ0v) is 14.5. The Labute approximate surface area is 151 Å². The Morgan fingerprint density at radius 2 is 1.74 bits per heavy atom. The molecule has 2 rings (SSSR count). The van der Waals surface area contributed by atoms with Crippen LogP contribution in [-0.2, 0) is 27.4 Å². The van der Waals surface area contributed by atoms with Crippen molar-refractivity contribution in [3.63, 3.8) is 0 Å². The topological polar surface area (TPSA) is 104 Å². The molecule has 27 heavy (non-hydrogen) atoms. The molecule has 0 aromatic heterocycles. The summed E-state index contributed by atoms with van der Waals surface area (Å²) in [5.74, 6) is -0.988. The van der Waals surface area contributed by atoms with Crippen molar-refractivity contribution in [1.29, 1.82) is 0 Å². The molecule has 0 fully saturated rings. The van der Waals surface area contributed by atoms with Crippen molar-refractivity contribution in [2.24, 2.45) is 0 Å². The summed E-state index contributed by atoms with van der Waals surface area (Å²) in [6.45, 7) is -0.363. The Morgan fingerprint density at radius 3 is 2.22 bits per heavy atom. The predicted molar refractivity (Wildman–Crippen MR) is 86.8 cm³/mol. The standard InChI is InChI=1S/C16H12F3NO6S/c1-27(24,25)14-7-4-11(8-13(14)20(22)23)15(21)26-9-10-2-5-12(6-3-10)16(17,18)19/h2-8H,9H2,1H3. The van der Waals surface area contributed by atoms with E-state index in [0.717, 1.165) is 48.7 Å². The number of sulfone groups is 1. The Balaban J connectivity index is 2.17. The van der Waals surface area contributed by atoms with E-state index in [1.165, 1.54) is 0 Å². The number of benzene rings is 2. The van der Waals surface area contributed by atoms with Gasteiger partial charge in [-0.15, -0.1) is 0 Å². The van der Waals surface area contributed by atoms with E-state index >= 15 is 0 Å². The van der Waals surface area contributed by atoms with Gasteiger partial charge in [0.2, 0.25) is 0 Å². The largest absolute Gasteiger partial charge is 0.457 e. The van der Waals surface area contributed by atoms with Crippen molar-refractivity contribution < 1.29 is 36.0 Å². The van der Waals surface area contributed by atoms with Gasteiger partial charge in [0.15, 0.2) is 9.84 Å². The molecule has 0 radical (unpaired) electrons. The van der Waals surface area contributed by atoms with Crippen LogP contribution in [0.1, 0.15) is 21.5 Å². The van der Waals surface area contributed by atoms with Crippen molar-refractivity contribution in [1.82, 2.24) is 0 Å². The molecule has 0 unspecified atom stereocenters. The van der Waals surface area contributed by atoms with Gasteiger partial charge in [-0.3, -0.25) is 10.1 Å². The maximum atomic E-state index is 12.5. The summed E-state index contributed by atoms with van der Waals surface area (Å²) in [6, 6.07) is 6.66. The van der Waals surface area contributed by atoms with Crippen molar-refractivity contribution >= 4 is 21.5 Å². The first-order chi connectivity index (χ1) is 12.4. The van der Waals surface area contributed by atoms with Gasteiger partial charge in [-0.05, 0) is 29.8 Å². The van der Waals surface area contributed by atoms with Gasteiger partial charge >= 0.3 is 12.1 Å². The second-order valence-corrected chi connectivity index (χ2v) is 7.47. The molecule has 7 nitrogen and oxygen atoms in total. The van der Waals surface area contributed by atoms with E-state index in [1.54, 1.807) is 0 Å². The van der Waals surface area contributed by atoms with Crippen LogP contribution < -0.4 is 0 Å². The fraction of sp³-hybridized carbons (Fsp3) is 0.188. The van der Waals surface area contributed by atoms with Crippen LogP contribution in [0, 0.1) is 10.1 Å². The summed E-state index contributed by atoms with van der Waals surface area (Å²) in [4.78, 5) is 21.5. The van der Waals surface area contributed by atoms with E-state index in [2.05, 4.69) is 0 Å². The molecular weight excluding hydrogens is 391 g/mol. The van der Waals surface area contributed by atoms with Crippen LogP contribution in [0.2, 0.25) is 0 Å². The maximum absolute atomic E-state index is 12.5. The van der Waals surface area contributed by atoms with Crippen LogP contribution in [0.3, 0.4) is 0 Å². The minimum atomic E-state index is -4.49. The van der Waals surface area contributed by atoms with Gasteiger partial charge in [-0.25, -0.2) is 13.2 Å². The van der Waals surface area contributed by atoms with Gasteiger partial charge in [0.1, 0.15) is 11.5 Å². The van der Waals surface area contributed by atoms with E-state index in [0.29, 0.717) is 0 Å². The first-order valence-electron chi connectivity index (χ1n) is 7.21. The highest BCUT2D eigenvalue weighted by Crippen LogP contribution is 2.29. The Kier molecular flexibility index (Phi) is 5.54. The summed E-state index contributed by atoms with van der Waals surface area (Å²) in [7, 11) is -3.88. The SMILES string of the molecule is CS(=O)(=O)c1ccc(C(=O)OCc2ccc(C(F)(F)F)cc2)cc1[N+](=O)[O-]. The van der Waals surface area contributed by atoms with E-state index in [9.17, 15) is 36.5 Å². The first-order valence-corrected chi connectivity index (χ1v) is 9.10. The van der Waals surface area contributed by atoms with Crippen molar-refractivity contribution in [3.05, 3.63) is 69.3 Å². The molecule has 0 saturated carbocycles. The monoisotopic (exact) mass is 403 g/mol. The molecule has 0 bridgehead atoms. The molecule has 0 N–H and O–H groups in total. The number of nitrogens with zero attached hydrogens (tertiary/aromatic N) is 1. The van der Waals surface area contributed by atoms with Crippen molar-refractivity contribution in [2.75, 3.05) is 6.26 Å². The molecular formula is C16H12F3NO6S. The average Bonchev–Trinajstić information content (AvgIpc) is 2.57. The van der Waals surface area contributed by atoms with Crippen LogP contribution in [0.25, 0.3) is 0 Å². The lowest BCUT2D eigenvalue weighted by Gasteiger charge is -2.09. The highest BCUT2D eigenvalue weighted by molar-refractivity contribution is 7.90. The predicted octanol–water partition coefficient (Wildman–Crippen LogP) is 3.37. The van der Waals surface area contributed by atoms with Crippen LogP contribution in [0.5, 0.6) is 0 Å². The normalized spacial score (nSPS) is 11.9. The van der Waals surface area contributed by atoms with E-state index in [4.69, 9.17) is 4.74 Å². The van der Waals surface area contributed by atoms with Crippen LogP contribution in [-0.4, -0.2) is 25.6 Å². The van der Waals surface area contributed by atoms with Gasteiger partial charge in [-0.1, -0.05) is 12.1 Å². The van der Waals surface area contributed by atoms with Gasteiger partial charge in [0.05, 0.1) is 16.1 Å². The van der Waals surface area contributed by atoms with E-state index in [-0.39, 0.29) is 17.7 Å². The molecule has 0 heterocycles. The zero-order valence-electron chi connectivity index (χ0n) is 13.7. The minimum Gasteiger partial charge on any atom is -0.457 e. The second-order valence-electron chi connectivity index (χ2n) is 5.48. The van der Waals surface area contributed by atoms with Crippen LogP contribution in [0.15, 0.2) is 47.4 Å². The molecule has 0 saturated heterocycles. The highest BCUT2D eigenvalue weighted by Gasteiger charge is 2.30. The summed E-state index contributed by atoms with van der Waals surface area (Å²) in [5.41, 5.74) is -1.62. The van der Waals surface area contributed by atoms with Crippen LogP contribution >= 0.6 is 0 Å². The zero-order chi connectivity index (χ0) is 20.4. The Hall–Kier alpha value is -2.95. The van der Waals surface area contributed by atoms with Crippen molar-refractivity contribution in [2.45, 2.75) is 17.7 Å². The first kappa shape index (κ1) is 20.4. The third-order valence-electron chi connectivity index (χ3n) is 3.44. The number of nitro benzene ring substituents is 1. The fourth-order valence-corrected chi connectivity index (χ4v) is 2.95. The third kappa shape index (κ3) is 5.03. The van der Waals surface area contributed by atoms with Crippen LogP contribution in [0.4, 0.5) is 18.9 Å². The number of rotatable bonds is 5. The average molecular weight is 403 g/mol. The van der Waals surface area contributed by atoms with Gasteiger partial charge < -0.3 is 4.74 Å².